The summed E-state index contributed by atoms with van der Waals surface area (Å²) in [6, 6.07) is 15.6. The van der Waals surface area contributed by atoms with E-state index in [2.05, 4.69) is 4.40 Å². The average molecular weight is 527 g/mol. The van der Waals surface area contributed by atoms with Gasteiger partial charge in [0.1, 0.15) is 0 Å². The highest BCUT2D eigenvalue weighted by molar-refractivity contribution is 8.09. The van der Waals surface area contributed by atoms with Crippen LogP contribution in [0.1, 0.15) is 0 Å². The van der Waals surface area contributed by atoms with Crippen molar-refractivity contribution in [1.29, 1.82) is 0 Å². The van der Waals surface area contributed by atoms with E-state index in [0.29, 0.717) is 11.3 Å². The number of rotatable bonds is 1. The number of fused-ring (bicyclic) bond motifs is 3. The number of carbonyl (C=O) groups excluding carboxylic acids is 1. The van der Waals surface area contributed by atoms with Gasteiger partial charge in [-0.2, -0.15) is 0 Å². The van der Waals surface area contributed by atoms with Crippen molar-refractivity contribution in [3.05, 3.63) is 90.6 Å². The highest BCUT2D eigenvalue weighted by atomic mass is 35.5. The molecule has 0 saturated heterocycles. The van der Waals surface area contributed by atoms with Crippen LogP contribution in [0.25, 0.3) is 27.9 Å². The Morgan fingerprint density at radius 3 is 2.76 bits per heavy atom. The predicted octanol–water partition coefficient (Wildman–Crippen LogP) is 7.23. The Balaban J connectivity index is 0.000000174. The SMILES string of the molecule is O=C1CSC2=C1SN=CC=C2.O=c1c(-c2ccccc2)ccc2n1C=CSc1cc(Cl)sc1-2. The molecule has 0 aliphatic carbocycles. The first kappa shape index (κ1) is 22.6. The third-order valence-corrected chi connectivity index (χ3v) is 9.17. The molecule has 4 nitrogen and oxygen atoms in total. The fourth-order valence-corrected chi connectivity index (χ4v) is 7.46. The molecule has 5 heterocycles. The zero-order valence-electron chi connectivity index (χ0n) is 16.9. The minimum Gasteiger partial charge on any atom is -0.293 e. The van der Waals surface area contributed by atoms with Crippen LogP contribution >= 0.6 is 58.4 Å². The summed E-state index contributed by atoms with van der Waals surface area (Å²) >= 11 is 12.1. The minimum absolute atomic E-state index is 0.0158. The summed E-state index contributed by atoms with van der Waals surface area (Å²) in [5, 5.41) is 1.93. The number of aromatic nitrogens is 1. The fourth-order valence-electron chi connectivity index (χ4n) is 3.38. The first-order valence-corrected chi connectivity index (χ1v) is 13.7. The summed E-state index contributed by atoms with van der Waals surface area (Å²) in [6.45, 7) is 0. The van der Waals surface area contributed by atoms with Crippen molar-refractivity contribution in [1.82, 2.24) is 4.57 Å². The van der Waals surface area contributed by atoms with E-state index in [0.717, 1.165) is 35.2 Å². The van der Waals surface area contributed by atoms with Crippen LogP contribution in [-0.2, 0) is 4.79 Å². The lowest BCUT2D eigenvalue weighted by Crippen LogP contribution is -2.18. The topological polar surface area (TPSA) is 51.4 Å². The van der Waals surface area contributed by atoms with Crippen LogP contribution in [-0.4, -0.2) is 22.3 Å². The van der Waals surface area contributed by atoms with Gasteiger partial charge in [-0.3, -0.25) is 14.2 Å². The second-order valence-corrected chi connectivity index (χ2v) is 11.4. The predicted molar refractivity (Wildman–Crippen MR) is 145 cm³/mol. The van der Waals surface area contributed by atoms with Crippen molar-refractivity contribution in [2.45, 2.75) is 4.90 Å². The largest absolute Gasteiger partial charge is 0.293 e. The normalized spacial score (nSPS) is 15.8. The highest BCUT2D eigenvalue weighted by Gasteiger charge is 2.23. The number of thioether (sulfide) groups is 2. The molecule has 0 bridgehead atoms. The molecule has 2 aromatic heterocycles. The maximum Gasteiger partial charge on any atom is 0.263 e. The van der Waals surface area contributed by atoms with Crippen molar-refractivity contribution in [3.8, 4) is 21.7 Å². The van der Waals surface area contributed by atoms with Crippen molar-refractivity contribution in [2.24, 2.45) is 4.40 Å². The Morgan fingerprint density at radius 2 is 1.91 bits per heavy atom. The highest BCUT2D eigenvalue weighted by Crippen LogP contribution is 2.43. The van der Waals surface area contributed by atoms with Gasteiger partial charge < -0.3 is 0 Å². The number of thiophene rings is 1. The lowest BCUT2D eigenvalue weighted by Gasteiger charge is -2.09. The standard InChI is InChI=1S/C17H10ClNOS2.C7H5NOS2/c18-15-10-14-16(22-15)13-7-6-12(11-4-2-1-3-5-11)17(20)19(13)8-9-21-14;9-5-4-10-6-2-1-3-8-11-7(5)6/h1-10H;1-3H,4H2. The molecule has 0 saturated carbocycles. The Bertz CT molecular complexity index is 1420. The molecule has 6 rings (SSSR count). The van der Waals surface area contributed by atoms with Crippen LogP contribution in [0.5, 0.6) is 0 Å². The molecule has 0 spiro atoms. The zero-order valence-corrected chi connectivity index (χ0v) is 21.0. The van der Waals surface area contributed by atoms with E-state index in [1.54, 1.807) is 34.3 Å². The number of benzene rings is 1. The first-order valence-electron chi connectivity index (χ1n) is 9.83. The van der Waals surface area contributed by atoms with Gasteiger partial charge in [0, 0.05) is 39.7 Å². The molecule has 0 amide bonds. The molecule has 0 N–H and O–H groups in total. The summed E-state index contributed by atoms with van der Waals surface area (Å²) in [6.07, 6.45) is 7.33. The van der Waals surface area contributed by atoms with Crippen molar-refractivity contribution in [2.75, 3.05) is 5.75 Å². The Kier molecular flexibility index (Phi) is 6.80. The second-order valence-electron chi connectivity index (χ2n) is 6.93. The maximum atomic E-state index is 12.9. The van der Waals surface area contributed by atoms with Crippen LogP contribution in [0.4, 0.5) is 0 Å². The molecule has 0 radical (unpaired) electrons. The number of hydrogen-bond donors (Lipinski definition) is 0. The van der Waals surface area contributed by atoms with Gasteiger partial charge in [-0.05, 0) is 41.3 Å². The van der Waals surface area contributed by atoms with Gasteiger partial charge in [-0.15, -0.1) is 23.1 Å². The molecule has 3 aliphatic heterocycles. The van der Waals surface area contributed by atoms with E-state index in [-0.39, 0.29) is 11.3 Å². The van der Waals surface area contributed by atoms with Crippen molar-refractivity contribution >= 4 is 76.6 Å². The van der Waals surface area contributed by atoms with Crippen LogP contribution in [0.2, 0.25) is 4.34 Å². The lowest BCUT2D eigenvalue weighted by molar-refractivity contribution is -0.112. The molecule has 33 heavy (non-hydrogen) atoms. The molecule has 0 unspecified atom stereocenters. The third kappa shape index (κ3) is 4.72. The number of Topliss-reactive ketones (excluding diaryl/α,β-unsaturated/α-hetero) is 1. The fraction of sp³-hybridized carbons (Fsp3) is 0.0417. The van der Waals surface area contributed by atoms with E-state index >= 15 is 0 Å². The van der Waals surface area contributed by atoms with Crippen molar-refractivity contribution < 1.29 is 4.79 Å². The van der Waals surface area contributed by atoms with E-state index in [1.165, 1.54) is 23.3 Å². The van der Waals surface area contributed by atoms with E-state index in [1.807, 2.05) is 72.3 Å². The number of ketones is 1. The van der Waals surface area contributed by atoms with Crippen LogP contribution in [0.15, 0.2) is 90.0 Å². The van der Waals surface area contributed by atoms with Gasteiger partial charge in [-0.1, -0.05) is 53.7 Å². The quantitative estimate of drug-likeness (QED) is 0.313. The van der Waals surface area contributed by atoms with Gasteiger partial charge in [0.25, 0.3) is 5.56 Å². The van der Waals surface area contributed by atoms with Crippen molar-refractivity contribution in [3.63, 3.8) is 0 Å². The van der Waals surface area contributed by atoms with Gasteiger partial charge >= 0.3 is 0 Å². The molecule has 164 valence electrons. The minimum atomic E-state index is -0.0158. The summed E-state index contributed by atoms with van der Waals surface area (Å²) in [5.41, 5.74) is 2.50. The summed E-state index contributed by atoms with van der Waals surface area (Å²) < 4.78 is 6.41. The number of carbonyl (C=O) groups is 1. The molecule has 3 aromatic rings. The zero-order chi connectivity index (χ0) is 22.8. The van der Waals surface area contributed by atoms with Gasteiger partial charge in [0.05, 0.1) is 25.6 Å². The summed E-state index contributed by atoms with van der Waals surface area (Å²) in [7, 11) is 0. The van der Waals surface area contributed by atoms with Crippen LogP contribution in [0, 0.1) is 0 Å². The Labute approximate surface area is 212 Å². The molecular formula is C24H15ClN2O2S4. The van der Waals surface area contributed by atoms with Gasteiger partial charge in [0.15, 0.2) is 5.78 Å². The number of pyridine rings is 1. The third-order valence-electron chi connectivity index (χ3n) is 4.88. The Morgan fingerprint density at radius 1 is 1.06 bits per heavy atom. The van der Waals surface area contributed by atoms with Gasteiger partial charge in [0.2, 0.25) is 0 Å². The van der Waals surface area contributed by atoms with E-state index in [4.69, 9.17) is 11.6 Å². The molecular weight excluding hydrogens is 512 g/mol. The summed E-state index contributed by atoms with van der Waals surface area (Å²) in [4.78, 5) is 28.0. The first-order chi connectivity index (χ1) is 16.1. The molecule has 9 heteroatoms. The van der Waals surface area contributed by atoms with E-state index in [9.17, 15) is 9.59 Å². The smallest absolute Gasteiger partial charge is 0.263 e. The monoisotopic (exact) mass is 526 g/mol. The maximum absolute atomic E-state index is 12.9. The number of allylic oxidation sites excluding steroid dienone is 3. The average Bonchev–Trinajstić information content (AvgIpc) is 3.19. The number of hydrogen-bond acceptors (Lipinski definition) is 7. The molecule has 1 aromatic carbocycles. The number of halogens is 1. The summed E-state index contributed by atoms with van der Waals surface area (Å²) in [5.74, 6) is 0.788. The second kappa shape index (κ2) is 9.95. The lowest BCUT2D eigenvalue weighted by atomic mass is 10.1. The Hall–Kier alpha value is -2.23. The van der Waals surface area contributed by atoms with Crippen LogP contribution < -0.4 is 5.56 Å². The molecule has 3 aliphatic rings. The van der Waals surface area contributed by atoms with Crippen LogP contribution in [0.3, 0.4) is 0 Å². The molecule has 0 atom stereocenters. The molecule has 0 fully saturated rings. The van der Waals surface area contributed by atoms with Gasteiger partial charge in [-0.25, -0.2) is 4.40 Å². The van der Waals surface area contributed by atoms with E-state index < -0.39 is 0 Å². The number of nitrogens with zero attached hydrogens (tertiary/aromatic N) is 2.